The molecule has 1 saturated heterocycles. The zero-order valence-corrected chi connectivity index (χ0v) is 14.8. The Labute approximate surface area is 153 Å². The van der Waals surface area contributed by atoms with Crippen LogP contribution in [0.15, 0.2) is 34.6 Å². The van der Waals surface area contributed by atoms with E-state index in [9.17, 15) is 9.59 Å². The van der Waals surface area contributed by atoms with Crippen LogP contribution in [-0.4, -0.2) is 58.4 Å². The lowest BCUT2D eigenvalue weighted by Gasteiger charge is -2.22. The molecule has 0 aromatic carbocycles. The van der Waals surface area contributed by atoms with Gasteiger partial charge in [-0.25, -0.2) is 0 Å². The highest BCUT2D eigenvalue weighted by molar-refractivity contribution is 5.92. The van der Waals surface area contributed by atoms with Gasteiger partial charge < -0.3 is 9.80 Å². The fourth-order valence-electron chi connectivity index (χ4n) is 3.15. The van der Waals surface area contributed by atoms with Gasteiger partial charge >= 0.3 is 0 Å². The number of carbonyl (C=O) groups excluding carboxylic acids is 2. The lowest BCUT2D eigenvalue weighted by atomic mass is 10.0. The van der Waals surface area contributed by atoms with Crippen LogP contribution in [-0.2, 0) is 4.79 Å². The van der Waals surface area contributed by atoms with Crippen molar-refractivity contribution in [3.05, 3.63) is 30.1 Å². The molecule has 2 aliphatic rings. The van der Waals surface area contributed by atoms with E-state index >= 15 is 0 Å². The van der Waals surface area contributed by atoms with Crippen molar-refractivity contribution in [3.8, 4) is 12.3 Å². The van der Waals surface area contributed by atoms with Crippen LogP contribution in [0.1, 0.15) is 42.6 Å². The molecule has 0 bridgehead atoms. The maximum Gasteiger partial charge on any atom is 0.272 e. The first-order valence-electron chi connectivity index (χ1n) is 8.99. The Morgan fingerprint density at radius 1 is 1.12 bits per heavy atom. The molecule has 7 nitrogen and oxygen atoms in total. The van der Waals surface area contributed by atoms with Crippen LogP contribution in [0, 0.1) is 12.3 Å². The van der Waals surface area contributed by atoms with Gasteiger partial charge in [-0.05, 0) is 18.6 Å². The van der Waals surface area contributed by atoms with E-state index in [1.807, 2.05) is 4.90 Å². The largest absolute Gasteiger partial charge is 0.341 e. The van der Waals surface area contributed by atoms with Crippen LogP contribution in [0.4, 0.5) is 0 Å². The van der Waals surface area contributed by atoms with Crippen LogP contribution in [0.5, 0.6) is 0 Å². The van der Waals surface area contributed by atoms with Gasteiger partial charge in [-0.3, -0.25) is 14.6 Å². The van der Waals surface area contributed by atoms with Crippen molar-refractivity contribution in [1.82, 2.24) is 14.8 Å². The Kier molecular flexibility index (Phi) is 5.61. The van der Waals surface area contributed by atoms with Crippen LogP contribution in [0.25, 0.3) is 0 Å². The van der Waals surface area contributed by atoms with E-state index in [2.05, 4.69) is 21.1 Å². The van der Waals surface area contributed by atoms with E-state index in [-0.39, 0.29) is 11.8 Å². The average Bonchev–Trinajstić information content (AvgIpc) is 3.48. The van der Waals surface area contributed by atoms with Crippen LogP contribution < -0.4 is 0 Å². The summed E-state index contributed by atoms with van der Waals surface area (Å²) >= 11 is 0. The van der Waals surface area contributed by atoms with Crippen molar-refractivity contribution >= 4 is 11.8 Å². The number of pyridine rings is 1. The molecule has 0 radical (unpaired) electrons. The predicted molar refractivity (Wildman–Crippen MR) is 96.2 cm³/mol. The minimum atomic E-state index is -0.422. The topological polar surface area (TPSA) is 78.2 Å². The molecule has 0 unspecified atom stereocenters. The second kappa shape index (κ2) is 8.09. The second-order valence-electron chi connectivity index (χ2n) is 6.63. The standard InChI is InChI=1S/C19H23N5O2/c1-2-3-9-19(21-22-19)10-8-17(25)23-12-6-13-24(15-14-23)18(26)16-7-4-5-11-20-16/h1,4-5,7,11H,3,6,8-10,12-15H2. The molecule has 1 aromatic rings. The average molecular weight is 353 g/mol. The van der Waals surface area contributed by atoms with Gasteiger partial charge in [0.05, 0.1) is 0 Å². The molecular weight excluding hydrogens is 330 g/mol. The zero-order valence-electron chi connectivity index (χ0n) is 14.8. The minimum absolute atomic E-state index is 0.0799. The maximum atomic E-state index is 12.5. The number of nitrogens with zero attached hydrogens (tertiary/aromatic N) is 5. The van der Waals surface area contributed by atoms with E-state index in [1.165, 1.54) is 0 Å². The monoisotopic (exact) mass is 353 g/mol. The van der Waals surface area contributed by atoms with Crippen molar-refractivity contribution in [1.29, 1.82) is 0 Å². The van der Waals surface area contributed by atoms with Crippen LogP contribution in [0.3, 0.4) is 0 Å². The molecule has 3 heterocycles. The Bertz CT molecular complexity index is 719. The lowest BCUT2D eigenvalue weighted by molar-refractivity contribution is -0.131. The number of aromatic nitrogens is 1. The molecule has 136 valence electrons. The molecular formula is C19H23N5O2. The molecule has 0 atom stereocenters. The summed E-state index contributed by atoms with van der Waals surface area (Å²) in [6.07, 6.45) is 10.0. The van der Waals surface area contributed by atoms with E-state index in [4.69, 9.17) is 6.42 Å². The van der Waals surface area contributed by atoms with E-state index in [0.717, 1.165) is 6.42 Å². The molecule has 26 heavy (non-hydrogen) atoms. The first-order chi connectivity index (χ1) is 12.6. The lowest BCUT2D eigenvalue weighted by Crippen LogP contribution is -2.37. The van der Waals surface area contributed by atoms with E-state index in [1.54, 1.807) is 29.3 Å². The Morgan fingerprint density at radius 3 is 2.58 bits per heavy atom. The maximum absolute atomic E-state index is 12.5. The highest BCUT2D eigenvalue weighted by Crippen LogP contribution is 2.37. The zero-order chi connectivity index (χ0) is 18.4. The SMILES string of the molecule is C#CCCC1(CCC(=O)N2CCCN(C(=O)c3ccccn3)CC2)N=N1. The highest BCUT2D eigenvalue weighted by Gasteiger charge is 2.39. The normalized spacial score (nSPS) is 18.1. The highest BCUT2D eigenvalue weighted by atomic mass is 16.2. The molecule has 2 amide bonds. The molecule has 0 N–H and O–H groups in total. The summed E-state index contributed by atoms with van der Waals surface area (Å²) in [7, 11) is 0. The number of rotatable bonds is 6. The Balaban J connectivity index is 1.48. The number of carbonyl (C=O) groups is 2. The molecule has 0 saturated carbocycles. The van der Waals surface area contributed by atoms with Crippen molar-refractivity contribution in [2.75, 3.05) is 26.2 Å². The van der Waals surface area contributed by atoms with Crippen molar-refractivity contribution in [3.63, 3.8) is 0 Å². The van der Waals surface area contributed by atoms with Gasteiger partial charge in [0.25, 0.3) is 5.91 Å². The summed E-state index contributed by atoms with van der Waals surface area (Å²) in [5.41, 5.74) is 0.0224. The van der Waals surface area contributed by atoms with Crippen molar-refractivity contribution < 1.29 is 9.59 Å². The number of hydrogen-bond acceptors (Lipinski definition) is 5. The van der Waals surface area contributed by atoms with Crippen LogP contribution >= 0.6 is 0 Å². The van der Waals surface area contributed by atoms with Gasteiger partial charge in [0.1, 0.15) is 5.69 Å². The third kappa shape index (κ3) is 4.45. The summed E-state index contributed by atoms with van der Waals surface area (Å²) in [5.74, 6) is 2.61. The number of terminal acetylenes is 1. The minimum Gasteiger partial charge on any atom is -0.341 e. The van der Waals surface area contributed by atoms with Gasteiger partial charge in [0, 0.05) is 58.1 Å². The van der Waals surface area contributed by atoms with Gasteiger partial charge in [-0.1, -0.05) is 6.07 Å². The molecule has 7 heteroatoms. The molecule has 2 aliphatic heterocycles. The third-order valence-corrected chi connectivity index (χ3v) is 4.81. The summed E-state index contributed by atoms with van der Waals surface area (Å²) in [5, 5.41) is 8.15. The smallest absolute Gasteiger partial charge is 0.272 e. The van der Waals surface area contributed by atoms with Gasteiger partial charge in [0.2, 0.25) is 5.91 Å². The molecule has 0 aliphatic carbocycles. The van der Waals surface area contributed by atoms with Crippen LogP contribution in [0.2, 0.25) is 0 Å². The molecule has 0 spiro atoms. The van der Waals surface area contributed by atoms with Crippen molar-refractivity contribution in [2.45, 2.75) is 37.8 Å². The predicted octanol–water partition coefficient (Wildman–Crippen LogP) is 2.11. The van der Waals surface area contributed by atoms with Gasteiger partial charge in [-0.15, -0.1) is 12.3 Å². The van der Waals surface area contributed by atoms with E-state index < -0.39 is 5.66 Å². The fraction of sp³-hybridized carbons (Fsp3) is 0.526. The first-order valence-corrected chi connectivity index (χ1v) is 8.99. The van der Waals surface area contributed by atoms with E-state index in [0.29, 0.717) is 57.6 Å². The Hall–Kier alpha value is -2.75. The van der Waals surface area contributed by atoms with Gasteiger partial charge in [0.15, 0.2) is 5.66 Å². The first kappa shape index (κ1) is 18.1. The quantitative estimate of drug-likeness (QED) is 0.735. The number of hydrogen-bond donors (Lipinski definition) is 0. The second-order valence-corrected chi connectivity index (χ2v) is 6.63. The van der Waals surface area contributed by atoms with Gasteiger partial charge in [-0.2, -0.15) is 10.2 Å². The Morgan fingerprint density at radius 2 is 1.88 bits per heavy atom. The summed E-state index contributed by atoms with van der Waals surface area (Å²) < 4.78 is 0. The summed E-state index contributed by atoms with van der Waals surface area (Å²) in [6, 6.07) is 5.31. The third-order valence-electron chi connectivity index (χ3n) is 4.81. The number of amides is 2. The summed E-state index contributed by atoms with van der Waals surface area (Å²) in [4.78, 5) is 32.8. The fourth-order valence-corrected chi connectivity index (χ4v) is 3.15. The molecule has 1 fully saturated rings. The summed E-state index contributed by atoms with van der Waals surface area (Å²) in [6.45, 7) is 2.37. The molecule has 1 aromatic heterocycles. The van der Waals surface area contributed by atoms with Crippen molar-refractivity contribution in [2.24, 2.45) is 10.2 Å². The molecule has 3 rings (SSSR count).